The van der Waals surface area contributed by atoms with Crippen LogP contribution in [0.4, 0.5) is 8.78 Å². The molecule has 0 aliphatic rings. The Morgan fingerprint density at radius 1 is 1.35 bits per heavy atom. The van der Waals surface area contributed by atoms with E-state index in [9.17, 15) is 13.6 Å². The van der Waals surface area contributed by atoms with Gasteiger partial charge in [0.25, 0.3) is 6.43 Å². The summed E-state index contributed by atoms with van der Waals surface area (Å²) in [4.78, 5) is 11.4. The number of aliphatic hydroxyl groups excluding tert-OH is 1. The highest BCUT2D eigenvalue weighted by atomic mass is 19.3. The summed E-state index contributed by atoms with van der Waals surface area (Å²) in [5.74, 6) is -0.381. The minimum absolute atomic E-state index is 0.121. The van der Waals surface area contributed by atoms with Crippen molar-refractivity contribution < 1.29 is 18.7 Å². The van der Waals surface area contributed by atoms with Crippen molar-refractivity contribution in [2.75, 3.05) is 6.54 Å². The van der Waals surface area contributed by atoms with Crippen LogP contribution in [0.5, 0.6) is 0 Å². The summed E-state index contributed by atoms with van der Waals surface area (Å²) in [6.07, 6.45) is -4.53. The van der Waals surface area contributed by atoms with E-state index in [4.69, 9.17) is 5.11 Å². The third-order valence-electron chi connectivity index (χ3n) is 2.28. The van der Waals surface area contributed by atoms with Crippen molar-refractivity contribution in [3.63, 3.8) is 0 Å². The highest BCUT2D eigenvalue weighted by Gasteiger charge is 2.17. The molecule has 5 heteroatoms. The first-order valence-electron chi connectivity index (χ1n) is 5.27. The van der Waals surface area contributed by atoms with E-state index in [0.29, 0.717) is 0 Å². The minimum Gasteiger partial charge on any atom is -0.385 e. The van der Waals surface area contributed by atoms with Crippen molar-refractivity contribution >= 4 is 5.91 Å². The summed E-state index contributed by atoms with van der Waals surface area (Å²) >= 11 is 0. The van der Waals surface area contributed by atoms with E-state index in [1.807, 2.05) is 19.1 Å². The molecule has 1 atom stereocenters. The van der Waals surface area contributed by atoms with Crippen molar-refractivity contribution in [1.29, 1.82) is 0 Å². The van der Waals surface area contributed by atoms with Gasteiger partial charge >= 0.3 is 0 Å². The van der Waals surface area contributed by atoms with E-state index in [1.54, 1.807) is 12.1 Å². The van der Waals surface area contributed by atoms with E-state index in [2.05, 4.69) is 5.32 Å². The third-order valence-corrected chi connectivity index (χ3v) is 2.28. The van der Waals surface area contributed by atoms with Gasteiger partial charge < -0.3 is 10.4 Å². The van der Waals surface area contributed by atoms with Crippen molar-refractivity contribution in [2.24, 2.45) is 0 Å². The molecule has 2 N–H and O–H groups in total. The zero-order chi connectivity index (χ0) is 12.8. The normalized spacial score (nSPS) is 12.5. The first kappa shape index (κ1) is 13.6. The number of aryl methyl sites for hydroxylation is 1. The Kier molecular flexibility index (Phi) is 5.03. The monoisotopic (exact) mass is 243 g/mol. The van der Waals surface area contributed by atoms with Crippen LogP contribution < -0.4 is 5.32 Å². The molecule has 94 valence electrons. The molecule has 0 aliphatic carbocycles. The molecule has 0 saturated carbocycles. The van der Waals surface area contributed by atoms with Crippen molar-refractivity contribution in [1.82, 2.24) is 5.32 Å². The number of alkyl halides is 2. The summed E-state index contributed by atoms with van der Waals surface area (Å²) in [5.41, 5.74) is 1.89. The molecule has 0 radical (unpaired) electrons. The lowest BCUT2D eigenvalue weighted by Gasteiger charge is -2.10. The fraction of sp³-hybridized carbons (Fsp3) is 0.417. The van der Waals surface area contributed by atoms with Crippen LogP contribution in [0.25, 0.3) is 0 Å². The molecule has 0 saturated heterocycles. The molecule has 0 fully saturated rings. The van der Waals surface area contributed by atoms with Gasteiger partial charge in [-0.3, -0.25) is 4.79 Å². The number of benzene rings is 1. The molecular formula is C12H15F2NO2. The van der Waals surface area contributed by atoms with Crippen LogP contribution in [0.15, 0.2) is 24.3 Å². The molecule has 17 heavy (non-hydrogen) atoms. The van der Waals surface area contributed by atoms with E-state index in [0.717, 1.165) is 11.1 Å². The number of amides is 1. The number of carbonyl (C=O) groups excluding carboxylic acids is 1. The number of carbonyl (C=O) groups is 1. The second-order valence-electron chi connectivity index (χ2n) is 3.87. The summed E-state index contributed by atoms with van der Waals surface area (Å²) in [5, 5.41) is 11.1. The van der Waals surface area contributed by atoms with Gasteiger partial charge in [0.15, 0.2) is 0 Å². The lowest BCUT2D eigenvalue weighted by molar-refractivity contribution is -0.121. The molecule has 1 rings (SSSR count). The Bertz CT molecular complexity index is 365. The second kappa shape index (κ2) is 6.30. The number of rotatable bonds is 5. The molecule has 0 bridgehead atoms. The van der Waals surface area contributed by atoms with E-state index in [1.165, 1.54) is 0 Å². The van der Waals surface area contributed by atoms with Gasteiger partial charge in [0.1, 0.15) is 6.10 Å². The van der Waals surface area contributed by atoms with Gasteiger partial charge in [-0.15, -0.1) is 0 Å². The Morgan fingerprint density at radius 3 is 2.47 bits per heavy atom. The maximum Gasteiger partial charge on any atom is 0.265 e. The molecule has 3 nitrogen and oxygen atoms in total. The largest absolute Gasteiger partial charge is 0.385 e. The van der Waals surface area contributed by atoms with Gasteiger partial charge in [0, 0.05) is 6.54 Å². The van der Waals surface area contributed by atoms with Gasteiger partial charge in [-0.25, -0.2) is 8.78 Å². The average molecular weight is 243 g/mol. The van der Waals surface area contributed by atoms with Gasteiger partial charge in [-0.05, 0) is 12.5 Å². The lowest BCUT2D eigenvalue weighted by atomic mass is 10.1. The summed E-state index contributed by atoms with van der Waals surface area (Å²) in [6, 6.07) is 7.35. The van der Waals surface area contributed by atoms with Crippen molar-refractivity contribution in [3.8, 4) is 0 Å². The fourth-order valence-corrected chi connectivity index (χ4v) is 1.26. The standard InChI is InChI=1S/C12H15F2NO2/c1-8-2-4-9(5-3-8)6-11(17)15-7-10(16)12(13)14/h2-5,10,12,16H,6-7H2,1H3,(H,15,17). The quantitative estimate of drug-likeness (QED) is 0.818. The number of hydrogen-bond acceptors (Lipinski definition) is 2. The first-order valence-corrected chi connectivity index (χ1v) is 5.27. The number of nitrogens with one attached hydrogen (secondary N) is 1. The predicted molar refractivity (Wildman–Crippen MR) is 59.9 cm³/mol. The second-order valence-corrected chi connectivity index (χ2v) is 3.87. The number of halogens is 2. The third kappa shape index (κ3) is 4.91. The van der Waals surface area contributed by atoms with E-state index >= 15 is 0 Å². The van der Waals surface area contributed by atoms with Crippen LogP contribution in [0.2, 0.25) is 0 Å². The van der Waals surface area contributed by atoms with Crippen LogP contribution in [-0.2, 0) is 11.2 Å². The Balaban J connectivity index is 2.37. The van der Waals surface area contributed by atoms with Crippen LogP contribution in [0.1, 0.15) is 11.1 Å². The van der Waals surface area contributed by atoms with Crippen LogP contribution in [-0.4, -0.2) is 30.1 Å². The van der Waals surface area contributed by atoms with Crippen LogP contribution in [0, 0.1) is 6.92 Å². The number of hydrogen-bond donors (Lipinski definition) is 2. The molecule has 1 aromatic carbocycles. The van der Waals surface area contributed by atoms with Gasteiger partial charge in [-0.2, -0.15) is 0 Å². The highest BCUT2D eigenvalue weighted by Crippen LogP contribution is 2.04. The fourth-order valence-electron chi connectivity index (χ4n) is 1.26. The zero-order valence-electron chi connectivity index (χ0n) is 9.49. The van der Waals surface area contributed by atoms with Crippen molar-refractivity contribution in [2.45, 2.75) is 25.9 Å². The Morgan fingerprint density at radius 2 is 1.94 bits per heavy atom. The van der Waals surface area contributed by atoms with Crippen LogP contribution >= 0.6 is 0 Å². The maximum absolute atomic E-state index is 11.9. The Labute approximate surface area is 98.5 Å². The van der Waals surface area contributed by atoms with Gasteiger partial charge in [-0.1, -0.05) is 29.8 Å². The summed E-state index contributed by atoms with van der Waals surface area (Å²) in [6.45, 7) is 1.51. The predicted octanol–water partition coefficient (Wildman–Crippen LogP) is 1.28. The molecule has 0 spiro atoms. The zero-order valence-corrected chi connectivity index (χ0v) is 9.49. The van der Waals surface area contributed by atoms with Crippen molar-refractivity contribution in [3.05, 3.63) is 35.4 Å². The summed E-state index contributed by atoms with van der Waals surface area (Å²) < 4.78 is 23.9. The van der Waals surface area contributed by atoms with Gasteiger partial charge in [0.2, 0.25) is 5.91 Å². The van der Waals surface area contributed by atoms with E-state index < -0.39 is 19.1 Å². The molecule has 1 aromatic rings. The Hall–Kier alpha value is -1.49. The molecular weight excluding hydrogens is 228 g/mol. The highest BCUT2D eigenvalue weighted by molar-refractivity contribution is 5.78. The smallest absolute Gasteiger partial charge is 0.265 e. The van der Waals surface area contributed by atoms with E-state index in [-0.39, 0.29) is 12.3 Å². The summed E-state index contributed by atoms with van der Waals surface area (Å²) in [7, 11) is 0. The topological polar surface area (TPSA) is 49.3 Å². The SMILES string of the molecule is Cc1ccc(CC(=O)NCC(O)C(F)F)cc1. The number of aliphatic hydroxyl groups is 1. The van der Waals surface area contributed by atoms with Gasteiger partial charge in [0.05, 0.1) is 6.42 Å². The lowest BCUT2D eigenvalue weighted by Crippen LogP contribution is -2.36. The molecule has 0 heterocycles. The molecule has 0 aromatic heterocycles. The molecule has 0 aliphatic heterocycles. The molecule has 1 amide bonds. The van der Waals surface area contributed by atoms with Crippen LogP contribution in [0.3, 0.4) is 0 Å². The maximum atomic E-state index is 11.9. The minimum atomic E-state index is -2.84. The average Bonchev–Trinajstić information content (AvgIpc) is 2.29. The molecule has 1 unspecified atom stereocenters. The first-order chi connectivity index (χ1) is 7.99.